The monoisotopic (exact) mass is 332 g/mol. The van der Waals surface area contributed by atoms with Crippen LogP contribution < -0.4 is 4.90 Å². The highest BCUT2D eigenvalue weighted by molar-refractivity contribution is 5.91. The van der Waals surface area contributed by atoms with Crippen LogP contribution in [0.4, 0.5) is 5.82 Å². The van der Waals surface area contributed by atoms with Gasteiger partial charge in [-0.25, -0.2) is 15.0 Å². The average molecular weight is 332 g/mol. The van der Waals surface area contributed by atoms with Crippen molar-refractivity contribution in [1.82, 2.24) is 24.3 Å². The number of anilines is 1. The number of benzene rings is 1. The summed E-state index contributed by atoms with van der Waals surface area (Å²) >= 11 is 0. The van der Waals surface area contributed by atoms with Crippen molar-refractivity contribution in [2.45, 2.75) is 6.42 Å². The van der Waals surface area contributed by atoms with E-state index in [1.807, 2.05) is 30.5 Å². The summed E-state index contributed by atoms with van der Waals surface area (Å²) < 4.78 is 2.15. The van der Waals surface area contributed by atoms with E-state index in [1.54, 1.807) is 0 Å². The van der Waals surface area contributed by atoms with E-state index in [2.05, 4.69) is 38.4 Å². The van der Waals surface area contributed by atoms with Gasteiger partial charge in [-0.2, -0.15) is 0 Å². The third-order valence-corrected chi connectivity index (χ3v) is 4.98. The third kappa shape index (κ3) is 2.33. The number of likely N-dealkylation sites (N-methyl/N-ethyl adjacent to an activating group) is 1. The van der Waals surface area contributed by atoms with Crippen molar-refractivity contribution < 1.29 is 0 Å². The minimum atomic E-state index is 0.863. The minimum Gasteiger partial charge on any atom is -0.352 e. The van der Waals surface area contributed by atoms with Gasteiger partial charge in [-0.3, -0.25) is 4.40 Å². The Labute approximate surface area is 145 Å². The first kappa shape index (κ1) is 14.6. The van der Waals surface area contributed by atoms with Crippen molar-refractivity contribution in [2.75, 3.05) is 38.1 Å². The third-order valence-electron chi connectivity index (χ3n) is 4.98. The van der Waals surface area contributed by atoms with Gasteiger partial charge < -0.3 is 9.80 Å². The number of hydrogen-bond donors (Lipinski definition) is 0. The minimum absolute atomic E-state index is 0.863. The van der Waals surface area contributed by atoms with E-state index in [0.717, 1.165) is 66.3 Å². The molecule has 126 valence electrons. The molecule has 6 heteroatoms. The van der Waals surface area contributed by atoms with E-state index in [1.165, 1.54) is 0 Å². The number of rotatable bonds is 1. The molecule has 0 amide bonds. The molecule has 1 aliphatic heterocycles. The maximum atomic E-state index is 4.95. The lowest BCUT2D eigenvalue weighted by Crippen LogP contribution is -2.30. The molecule has 0 unspecified atom stereocenters. The first-order chi connectivity index (χ1) is 12.3. The molecule has 1 fully saturated rings. The molecule has 1 aliphatic rings. The van der Waals surface area contributed by atoms with Crippen LogP contribution >= 0.6 is 0 Å². The molecule has 0 bridgehead atoms. The summed E-state index contributed by atoms with van der Waals surface area (Å²) in [5.74, 6) is 0.965. The molecule has 5 rings (SSSR count). The molecule has 3 aromatic heterocycles. The summed E-state index contributed by atoms with van der Waals surface area (Å²) in [7, 11) is 2.18. The summed E-state index contributed by atoms with van der Waals surface area (Å²) in [4.78, 5) is 19.2. The quantitative estimate of drug-likeness (QED) is 0.536. The van der Waals surface area contributed by atoms with Gasteiger partial charge >= 0.3 is 0 Å². The van der Waals surface area contributed by atoms with Crippen molar-refractivity contribution in [3.05, 3.63) is 42.6 Å². The Kier molecular flexibility index (Phi) is 3.31. The molecule has 4 aromatic rings. The molecule has 6 nitrogen and oxygen atoms in total. The van der Waals surface area contributed by atoms with E-state index in [4.69, 9.17) is 9.97 Å². The Bertz CT molecular complexity index is 1070. The van der Waals surface area contributed by atoms with Crippen LogP contribution in [0.5, 0.6) is 0 Å². The number of nitrogens with zero attached hydrogens (tertiary/aromatic N) is 6. The van der Waals surface area contributed by atoms with Gasteiger partial charge in [0.25, 0.3) is 0 Å². The largest absolute Gasteiger partial charge is 0.352 e. The molecule has 0 N–H and O–H groups in total. The second kappa shape index (κ2) is 5.67. The van der Waals surface area contributed by atoms with Crippen LogP contribution in [-0.2, 0) is 0 Å². The molecule has 1 aromatic carbocycles. The van der Waals surface area contributed by atoms with Gasteiger partial charge in [-0.15, -0.1) is 0 Å². The van der Waals surface area contributed by atoms with Crippen molar-refractivity contribution >= 4 is 33.7 Å². The Morgan fingerprint density at radius 3 is 2.68 bits per heavy atom. The highest BCUT2D eigenvalue weighted by Gasteiger charge is 2.20. The molecule has 1 saturated heterocycles. The first-order valence-electron chi connectivity index (χ1n) is 8.77. The number of hydrogen-bond acceptors (Lipinski definition) is 5. The van der Waals surface area contributed by atoms with Crippen LogP contribution in [0.3, 0.4) is 0 Å². The lowest BCUT2D eigenvalue weighted by molar-refractivity contribution is 0.360. The van der Waals surface area contributed by atoms with Crippen molar-refractivity contribution in [2.24, 2.45) is 0 Å². The number of fused-ring (bicyclic) bond motifs is 5. The predicted octanol–water partition coefficient (Wildman–Crippen LogP) is 2.57. The number of para-hydroxylation sites is 2. The van der Waals surface area contributed by atoms with E-state index in [9.17, 15) is 0 Å². The highest BCUT2D eigenvalue weighted by Crippen LogP contribution is 2.28. The smallest absolute Gasteiger partial charge is 0.183 e. The predicted molar refractivity (Wildman–Crippen MR) is 100 cm³/mol. The zero-order valence-electron chi connectivity index (χ0n) is 14.3. The lowest BCUT2D eigenvalue weighted by atomic mass is 10.3. The standard InChI is InChI=1S/C19H20N6/c1-23-10-5-11-24(13-12-23)18-19-21-14-6-2-3-8-16(14)25(19)17-15(22-18)7-4-9-20-17/h2-4,6-9H,5,10-13H2,1H3. The van der Waals surface area contributed by atoms with E-state index in [-0.39, 0.29) is 0 Å². The Balaban J connectivity index is 1.82. The van der Waals surface area contributed by atoms with Gasteiger partial charge in [-0.1, -0.05) is 12.1 Å². The van der Waals surface area contributed by atoms with Crippen molar-refractivity contribution in [3.63, 3.8) is 0 Å². The fraction of sp³-hybridized carbons (Fsp3) is 0.316. The van der Waals surface area contributed by atoms with E-state index < -0.39 is 0 Å². The van der Waals surface area contributed by atoms with Gasteiger partial charge in [0.05, 0.1) is 11.0 Å². The molecule has 0 spiro atoms. The molecule has 4 heterocycles. The van der Waals surface area contributed by atoms with Gasteiger partial charge in [0.15, 0.2) is 17.1 Å². The molecule has 0 atom stereocenters. The van der Waals surface area contributed by atoms with Gasteiger partial charge in [0, 0.05) is 25.8 Å². The Hall–Kier alpha value is -2.73. The summed E-state index contributed by atoms with van der Waals surface area (Å²) in [6.07, 6.45) is 2.95. The fourth-order valence-electron chi connectivity index (χ4n) is 3.67. The first-order valence-corrected chi connectivity index (χ1v) is 8.77. The molecular formula is C19H20N6. The van der Waals surface area contributed by atoms with Gasteiger partial charge in [0.1, 0.15) is 5.52 Å². The summed E-state index contributed by atoms with van der Waals surface area (Å²) in [5.41, 5.74) is 4.73. The van der Waals surface area contributed by atoms with Crippen LogP contribution in [0.2, 0.25) is 0 Å². The lowest BCUT2D eigenvalue weighted by Gasteiger charge is -2.22. The molecule has 0 saturated carbocycles. The number of aromatic nitrogens is 4. The Morgan fingerprint density at radius 2 is 1.72 bits per heavy atom. The maximum absolute atomic E-state index is 4.95. The molecule has 0 radical (unpaired) electrons. The highest BCUT2D eigenvalue weighted by atomic mass is 15.3. The second-order valence-corrected chi connectivity index (χ2v) is 6.68. The van der Waals surface area contributed by atoms with Crippen molar-refractivity contribution in [3.8, 4) is 0 Å². The fourth-order valence-corrected chi connectivity index (χ4v) is 3.67. The molecule has 0 aliphatic carbocycles. The summed E-state index contributed by atoms with van der Waals surface area (Å²) in [5, 5.41) is 0. The van der Waals surface area contributed by atoms with E-state index in [0.29, 0.717) is 0 Å². The van der Waals surface area contributed by atoms with Gasteiger partial charge in [0.2, 0.25) is 0 Å². The topological polar surface area (TPSA) is 49.6 Å². The zero-order valence-corrected chi connectivity index (χ0v) is 14.3. The van der Waals surface area contributed by atoms with Crippen molar-refractivity contribution in [1.29, 1.82) is 0 Å². The average Bonchev–Trinajstić information content (AvgIpc) is 2.90. The molecule has 25 heavy (non-hydrogen) atoms. The van der Waals surface area contributed by atoms with E-state index >= 15 is 0 Å². The van der Waals surface area contributed by atoms with Crippen LogP contribution in [0.25, 0.3) is 27.8 Å². The summed E-state index contributed by atoms with van der Waals surface area (Å²) in [6.45, 7) is 4.13. The van der Waals surface area contributed by atoms with Crippen LogP contribution in [0, 0.1) is 0 Å². The number of pyridine rings is 1. The van der Waals surface area contributed by atoms with Crippen LogP contribution in [-0.4, -0.2) is 57.5 Å². The van der Waals surface area contributed by atoms with Crippen LogP contribution in [0.1, 0.15) is 6.42 Å². The van der Waals surface area contributed by atoms with Gasteiger partial charge in [-0.05, 0) is 44.3 Å². The normalized spacial score (nSPS) is 16.8. The molecular weight excluding hydrogens is 312 g/mol. The SMILES string of the molecule is CN1CCCN(c2nc3cccnc3n3c2nc2ccccc23)CC1. The number of imidazole rings is 1. The Morgan fingerprint density at radius 1 is 0.840 bits per heavy atom. The zero-order chi connectivity index (χ0) is 16.8. The maximum Gasteiger partial charge on any atom is 0.183 e. The summed E-state index contributed by atoms with van der Waals surface area (Å²) in [6, 6.07) is 12.2. The second-order valence-electron chi connectivity index (χ2n) is 6.68. The van der Waals surface area contributed by atoms with Crippen LogP contribution in [0.15, 0.2) is 42.6 Å².